The molecule has 1 aromatic heterocycles. The number of alkyl halides is 3. The maximum Gasteiger partial charge on any atom is 0.417 e. The third-order valence-electron chi connectivity index (χ3n) is 2.55. The number of nitrogens with two attached hydrogens (primary N) is 2. The van der Waals surface area contributed by atoms with Gasteiger partial charge in [0, 0.05) is 12.3 Å². The van der Waals surface area contributed by atoms with Gasteiger partial charge in [0.05, 0.1) is 11.8 Å². The Kier molecular flexibility index (Phi) is 4.79. The van der Waals surface area contributed by atoms with Gasteiger partial charge in [0.1, 0.15) is 5.75 Å². The van der Waals surface area contributed by atoms with Gasteiger partial charge in [-0.2, -0.15) is 18.3 Å². The zero-order valence-electron chi connectivity index (χ0n) is 11.7. The van der Waals surface area contributed by atoms with Crippen LogP contribution in [0.2, 0.25) is 0 Å². The molecule has 2 aromatic rings. The lowest BCUT2D eigenvalue weighted by Crippen LogP contribution is -2.21. The van der Waals surface area contributed by atoms with Crippen LogP contribution >= 0.6 is 0 Å². The molecular formula is C14H12F3N5O. The van der Waals surface area contributed by atoms with Gasteiger partial charge in [0.25, 0.3) is 0 Å². The molecule has 1 heterocycles. The van der Waals surface area contributed by atoms with Crippen LogP contribution in [0, 0.1) is 0 Å². The number of hydrogen-bond acceptors (Lipinski definition) is 4. The van der Waals surface area contributed by atoms with Crippen molar-refractivity contribution in [2.45, 2.75) is 6.18 Å². The fraction of sp³-hybridized carbons (Fsp3) is 0.0714. The first-order valence-corrected chi connectivity index (χ1v) is 6.28. The normalized spacial score (nSPS) is 11.4. The molecule has 0 bridgehead atoms. The second kappa shape index (κ2) is 6.77. The molecule has 23 heavy (non-hydrogen) atoms. The second-order valence-electron chi connectivity index (χ2n) is 4.32. The van der Waals surface area contributed by atoms with Gasteiger partial charge < -0.3 is 16.2 Å². The number of benzene rings is 1. The Bertz CT molecular complexity index is 705. The van der Waals surface area contributed by atoms with Crippen molar-refractivity contribution in [3.05, 3.63) is 53.7 Å². The number of aromatic nitrogens is 1. The molecule has 0 aliphatic carbocycles. The summed E-state index contributed by atoms with van der Waals surface area (Å²) in [6.07, 6.45) is -2.28. The molecule has 0 fully saturated rings. The first kappa shape index (κ1) is 16.3. The van der Waals surface area contributed by atoms with Crippen LogP contribution in [0.3, 0.4) is 0 Å². The van der Waals surface area contributed by atoms with Crippen molar-refractivity contribution in [3.8, 4) is 11.6 Å². The third-order valence-corrected chi connectivity index (χ3v) is 2.55. The summed E-state index contributed by atoms with van der Waals surface area (Å²) < 4.78 is 42.6. The lowest BCUT2D eigenvalue weighted by atomic mass is 10.2. The Morgan fingerprint density at radius 1 is 1.09 bits per heavy atom. The van der Waals surface area contributed by atoms with Crippen LogP contribution in [0.25, 0.3) is 0 Å². The molecule has 6 nitrogen and oxygen atoms in total. The lowest BCUT2D eigenvalue weighted by Gasteiger charge is -2.08. The SMILES string of the molecule is NC(N)=NN=Cc1ccc(Oc2ccc(C(F)(F)F)cn2)cc1. The van der Waals surface area contributed by atoms with Gasteiger partial charge >= 0.3 is 6.18 Å². The van der Waals surface area contributed by atoms with E-state index in [1.807, 2.05) is 0 Å². The van der Waals surface area contributed by atoms with Crippen molar-refractivity contribution < 1.29 is 17.9 Å². The van der Waals surface area contributed by atoms with Crippen molar-refractivity contribution >= 4 is 12.2 Å². The van der Waals surface area contributed by atoms with Gasteiger partial charge in [0.2, 0.25) is 11.8 Å². The lowest BCUT2D eigenvalue weighted by molar-refractivity contribution is -0.137. The van der Waals surface area contributed by atoms with Crippen LogP contribution in [-0.2, 0) is 6.18 Å². The van der Waals surface area contributed by atoms with Crippen LogP contribution in [-0.4, -0.2) is 17.2 Å². The maximum atomic E-state index is 12.4. The zero-order chi connectivity index (χ0) is 16.9. The predicted molar refractivity (Wildman–Crippen MR) is 79.2 cm³/mol. The first-order valence-electron chi connectivity index (χ1n) is 6.28. The third kappa shape index (κ3) is 4.99. The van der Waals surface area contributed by atoms with E-state index < -0.39 is 11.7 Å². The van der Waals surface area contributed by atoms with Gasteiger partial charge in [-0.05, 0) is 35.9 Å². The topological polar surface area (TPSA) is 98.9 Å². The summed E-state index contributed by atoms with van der Waals surface area (Å²) in [6.45, 7) is 0. The molecule has 4 N–H and O–H groups in total. The Morgan fingerprint density at radius 3 is 2.30 bits per heavy atom. The molecule has 120 valence electrons. The van der Waals surface area contributed by atoms with Gasteiger partial charge in [-0.15, -0.1) is 5.10 Å². The summed E-state index contributed by atoms with van der Waals surface area (Å²) in [5.41, 5.74) is 10.1. The van der Waals surface area contributed by atoms with E-state index in [1.54, 1.807) is 24.3 Å². The molecule has 0 aliphatic heterocycles. The monoisotopic (exact) mass is 323 g/mol. The van der Waals surface area contributed by atoms with Crippen LogP contribution in [0.15, 0.2) is 52.8 Å². The van der Waals surface area contributed by atoms with E-state index in [4.69, 9.17) is 16.2 Å². The molecule has 0 atom stereocenters. The Labute approximate surface area is 129 Å². The highest BCUT2D eigenvalue weighted by molar-refractivity contribution is 5.81. The summed E-state index contributed by atoms with van der Waals surface area (Å²) in [5.74, 6) is 0.311. The van der Waals surface area contributed by atoms with Crippen LogP contribution in [0.5, 0.6) is 11.6 Å². The minimum Gasteiger partial charge on any atom is -0.439 e. The van der Waals surface area contributed by atoms with Crippen molar-refractivity contribution in [3.63, 3.8) is 0 Å². The fourth-order valence-electron chi connectivity index (χ4n) is 1.51. The predicted octanol–water partition coefficient (Wildman–Crippen LogP) is 2.50. The standard InChI is InChI=1S/C14H12F3N5O/c15-14(16,17)10-3-6-12(20-8-10)23-11-4-1-9(2-5-11)7-21-22-13(18)19/h1-8H,(H4,18,19,22). The summed E-state index contributed by atoms with van der Waals surface area (Å²) >= 11 is 0. The fourth-order valence-corrected chi connectivity index (χ4v) is 1.51. The largest absolute Gasteiger partial charge is 0.439 e. The molecule has 1 aromatic carbocycles. The number of nitrogens with zero attached hydrogens (tertiary/aromatic N) is 3. The van der Waals surface area contributed by atoms with Gasteiger partial charge in [-0.25, -0.2) is 4.98 Å². The molecule has 0 saturated carbocycles. The van der Waals surface area contributed by atoms with Crippen molar-refractivity contribution in [1.82, 2.24) is 4.98 Å². The minimum atomic E-state index is -4.43. The van der Waals surface area contributed by atoms with E-state index >= 15 is 0 Å². The average Bonchev–Trinajstić information content (AvgIpc) is 2.48. The first-order chi connectivity index (χ1) is 10.8. The molecule has 0 spiro atoms. The van der Waals surface area contributed by atoms with Gasteiger partial charge in [-0.3, -0.25) is 0 Å². The van der Waals surface area contributed by atoms with Crippen molar-refractivity contribution in [2.75, 3.05) is 0 Å². The minimum absolute atomic E-state index is 0.0555. The van der Waals surface area contributed by atoms with Crippen LogP contribution in [0.4, 0.5) is 13.2 Å². The van der Waals surface area contributed by atoms with Gasteiger partial charge in [0.15, 0.2) is 0 Å². The van der Waals surface area contributed by atoms with Crippen LogP contribution in [0.1, 0.15) is 11.1 Å². The highest BCUT2D eigenvalue weighted by atomic mass is 19.4. The molecule has 0 amide bonds. The van der Waals surface area contributed by atoms with Crippen LogP contribution < -0.4 is 16.2 Å². The highest BCUT2D eigenvalue weighted by Crippen LogP contribution is 2.30. The molecule has 0 saturated heterocycles. The van der Waals surface area contributed by atoms with Gasteiger partial charge in [-0.1, -0.05) is 0 Å². The Morgan fingerprint density at radius 2 is 1.78 bits per heavy atom. The van der Waals surface area contributed by atoms with E-state index in [2.05, 4.69) is 15.2 Å². The number of guanidine groups is 1. The van der Waals surface area contributed by atoms with Crippen molar-refractivity contribution in [2.24, 2.45) is 21.7 Å². The Hall–Kier alpha value is -3.10. The summed E-state index contributed by atoms with van der Waals surface area (Å²) in [6, 6.07) is 8.61. The quantitative estimate of drug-likeness (QED) is 0.513. The van der Waals surface area contributed by atoms with E-state index in [0.29, 0.717) is 17.5 Å². The molecule has 0 radical (unpaired) electrons. The second-order valence-corrected chi connectivity index (χ2v) is 4.32. The average molecular weight is 323 g/mol. The number of rotatable bonds is 4. The summed E-state index contributed by atoms with van der Waals surface area (Å²) in [4.78, 5) is 3.62. The highest BCUT2D eigenvalue weighted by Gasteiger charge is 2.30. The van der Waals surface area contributed by atoms with E-state index in [1.165, 1.54) is 6.21 Å². The zero-order valence-corrected chi connectivity index (χ0v) is 11.7. The Balaban J connectivity index is 2.03. The van der Waals surface area contributed by atoms with E-state index in [9.17, 15) is 13.2 Å². The molecular weight excluding hydrogens is 311 g/mol. The molecule has 2 rings (SSSR count). The maximum absolute atomic E-state index is 12.4. The number of hydrogen-bond donors (Lipinski definition) is 2. The molecule has 9 heteroatoms. The summed E-state index contributed by atoms with van der Waals surface area (Å²) in [7, 11) is 0. The van der Waals surface area contributed by atoms with E-state index in [0.717, 1.165) is 12.1 Å². The number of halogens is 3. The van der Waals surface area contributed by atoms with E-state index in [-0.39, 0.29) is 11.8 Å². The molecule has 0 unspecified atom stereocenters. The summed E-state index contributed by atoms with van der Waals surface area (Å²) in [5, 5.41) is 7.09. The molecule has 0 aliphatic rings. The number of pyridine rings is 1. The number of ether oxygens (including phenoxy) is 1. The smallest absolute Gasteiger partial charge is 0.417 e. The van der Waals surface area contributed by atoms with Crippen molar-refractivity contribution in [1.29, 1.82) is 0 Å².